The summed E-state index contributed by atoms with van der Waals surface area (Å²) in [6.07, 6.45) is 1.88. The minimum absolute atomic E-state index is 0.0224. The fraction of sp³-hybridized carbons (Fsp3) is 0.533. The number of carbonyl (C=O) groups excluding carboxylic acids is 1. The number of hydrogen-bond donors (Lipinski definition) is 1. The molecule has 1 aromatic rings. The molecule has 2 rings (SSSR count). The second kappa shape index (κ2) is 7.29. The highest BCUT2D eigenvalue weighted by atomic mass is 79.9. The van der Waals surface area contributed by atoms with Crippen LogP contribution in [0.2, 0.25) is 0 Å². The summed E-state index contributed by atoms with van der Waals surface area (Å²) in [6, 6.07) is 5.20. The fourth-order valence-corrected chi connectivity index (χ4v) is 2.78. The maximum atomic E-state index is 14.0. The maximum absolute atomic E-state index is 14.0. The number of halogens is 2. The van der Waals surface area contributed by atoms with Crippen LogP contribution in [0.25, 0.3) is 0 Å². The molecule has 0 aliphatic carbocycles. The first-order valence-corrected chi connectivity index (χ1v) is 7.63. The Kier molecular flexibility index (Phi) is 5.69. The maximum Gasteiger partial charge on any atom is 0.138 e. The average molecular weight is 344 g/mol. The fourth-order valence-electron chi connectivity index (χ4n) is 2.44. The largest absolute Gasteiger partial charge is 0.381 e. The molecule has 3 nitrogen and oxygen atoms in total. The summed E-state index contributed by atoms with van der Waals surface area (Å²) < 4.78 is 20.0. The average Bonchev–Trinajstić information content (AvgIpc) is 2.42. The minimum Gasteiger partial charge on any atom is -0.381 e. The summed E-state index contributed by atoms with van der Waals surface area (Å²) in [6.45, 7) is 3.47. The number of rotatable bonds is 5. The lowest BCUT2D eigenvalue weighted by Crippen LogP contribution is -2.38. The van der Waals surface area contributed by atoms with Gasteiger partial charge in [0.1, 0.15) is 11.6 Å². The minimum atomic E-state index is -0.439. The normalized spacial score (nSPS) is 17.9. The van der Waals surface area contributed by atoms with Crippen LogP contribution in [0.1, 0.15) is 31.2 Å². The molecule has 1 aromatic carbocycles. The SMILES string of the molecule is CC(=O)C(CNC1CCOCC1)c1ccc(Br)cc1F. The molecule has 1 heterocycles. The van der Waals surface area contributed by atoms with Crippen LogP contribution in [-0.4, -0.2) is 31.6 Å². The number of ketones is 1. The molecule has 1 saturated heterocycles. The van der Waals surface area contributed by atoms with Gasteiger partial charge in [0.25, 0.3) is 0 Å². The quantitative estimate of drug-likeness (QED) is 0.892. The summed E-state index contributed by atoms with van der Waals surface area (Å²) in [5.41, 5.74) is 0.459. The van der Waals surface area contributed by atoms with Gasteiger partial charge in [-0.3, -0.25) is 4.79 Å². The van der Waals surface area contributed by atoms with Crippen LogP contribution >= 0.6 is 15.9 Å². The number of benzene rings is 1. The number of Topliss-reactive ketones (excluding diaryl/α,β-unsaturated/α-hetero) is 1. The molecule has 0 spiro atoms. The van der Waals surface area contributed by atoms with Crippen molar-refractivity contribution in [2.24, 2.45) is 0 Å². The van der Waals surface area contributed by atoms with Crippen molar-refractivity contribution in [3.05, 3.63) is 34.1 Å². The van der Waals surface area contributed by atoms with Crippen LogP contribution in [0.5, 0.6) is 0 Å². The van der Waals surface area contributed by atoms with E-state index in [2.05, 4.69) is 21.2 Å². The third-order valence-electron chi connectivity index (χ3n) is 3.66. The van der Waals surface area contributed by atoms with E-state index in [0.717, 1.165) is 26.1 Å². The molecule has 5 heteroatoms. The number of hydrogen-bond acceptors (Lipinski definition) is 3. The van der Waals surface area contributed by atoms with Gasteiger partial charge in [-0.1, -0.05) is 22.0 Å². The van der Waals surface area contributed by atoms with Crippen molar-refractivity contribution in [3.63, 3.8) is 0 Å². The van der Waals surface area contributed by atoms with Gasteiger partial charge in [0.05, 0.1) is 5.92 Å². The van der Waals surface area contributed by atoms with Crippen molar-refractivity contribution in [1.29, 1.82) is 0 Å². The Labute approximate surface area is 127 Å². The molecular formula is C15H19BrFNO2. The van der Waals surface area contributed by atoms with Gasteiger partial charge in [0.15, 0.2) is 0 Å². The van der Waals surface area contributed by atoms with Crippen molar-refractivity contribution in [2.45, 2.75) is 31.7 Å². The van der Waals surface area contributed by atoms with Gasteiger partial charge >= 0.3 is 0 Å². The standard InChI is InChI=1S/C15H19BrFNO2/c1-10(19)14(9-18-12-4-6-20-7-5-12)13-3-2-11(16)8-15(13)17/h2-3,8,12,14,18H,4-7,9H2,1H3. The Morgan fingerprint density at radius 1 is 1.50 bits per heavy atom. The van der Waals surface area contributed by atoms with E-state index >= 15 is 0 Å². The highest BCUT2D eigenvalue weighted by molar-refractivity contribution is 9.10. The van der Waals surface area contributed by atoms with Crippen LogP contribution in [0.3, 0.4) is 0 Å². The molecule has 1 aliphatic heterocycles. The molecule has 0 bridgehead atoms. The molecule has 0 amide bonds. The van der Waals surface area contributed by atoms with Crippen molar-refractivity contribution >= 4 is 21.7 Å². The number of ether oxygens (including phenoxy) is 1. The Hall–Kier alpha value is -0.780. The van der Waals surface area contributed by atoms with E-state index in [0.29, 0.717) is 22.6 Å². The lowest BCUT2D eigenvalue weighted by atomic mass is 9.94. The lowest BCUT2D eigenvalue weighted by Gasteiger charge is -2.25. The van der Waals surface area contributed by atoms with Gasteiger partial charge in [-0.2, -0.15) is 0 Å². The van der Waals surface area contributed by atoms with Gasteiger partial charge in [0.2, 0.25) is 0 Å². The molecule has 110 valence electrons. The summed E-state index contributed by atoms with van der Waals surface area (Å²) in [5, 5.41) is 3.36. The van der Waals surface area contributed by atoms with Crippen molar-refractivity contribution in [1.82, 2.24) is 5.32 Å². The highest BCUT2D eigenvalue weighted by Gasteiger charge is 2.22. The molecule has 1 aliphatic rings. The van der Waals surface area contributed by atoms with Gasteiger partial charge < -0.3 is 10.1 Å². The zero-order chi connectivity index (χ0) is 14.5. The van der Waals surface area contributed by atoms with E-state index in [1.165, 1.54) is 13.0 Å². The van der Waals surface area contributed by atoms with E-state index in [-0.39, 0.29) is 11.6 Å². The van der Waals surface area contributed by atoms with Crippen LogP contribution in [0.4, 0.5) is 4.39 Å². The van der Waals surface area contributed by atoms with Gasteiger partial charge in [-0.15, -0.1) is 0 Å². The van der Waals surface area contributed by atoms with Crippen molar-refractivity contribution in [3.8, 4) is 0 Å². The zero-order valence-corrected chi connectivity index (χ0v) is 13.1. The lowest BCUT2D eigenvalue weighted by molar-refractivity contribution is -0.118. The Morgan fingerprint density at radius 3 is 2.80 bits per heavy atom. The summed E-state index contributed by atoms with van der Waals surface area (Å²) in [7, 11) is 0. The predicted molar refractivity (Wildman–Crippen MR) is 79.4 cm³/mol. The first kappa shape index (κ1) is 15.6. The van der Waals surface area contributed by atoms with E-state index in [9.17, 15) is 9.18 Å². The first-order valence-electron chi connectivity index (χ1n) is 6.84. The molecule has 1 unspecified atom stereocenters. The zero-order valence-electron chi connectivity index (χ0n) is 11.5. The van der Waals surface area contributed by atoms with Gasteiger partial charge in [-0.25, -0.2) is 4.39 Å². The Morgan fingerprint density at radius 2 is 2.20 bits per heavy atom. The molecular weight excluding hydrogens is 325 g/mol. The third kappa shape index (κ3) is 4.11. The molecule has 0 saturated carbocycles. The second-order valence-corrected chi connectivity index (χ2v) is 6.04. The highest BCUT2D eigenvalue weighted by Crippen LogP contribution is 2.23. The van der Waals surface area contributed by atoms with Crippen LogP contribution in [0.15, 0.2) is 22.7 Å². The Bertz CT molecular complexity index is 475. The van der Waals surface area contributed by atoms with E-state index in [4.69, 9.17) is 4.74 Å². The van der Waals surface area contributed by atoms with E-state index in [1.54, 1.807) is 12.1 Å². The Balaban J connectivity index is 2.04. The smallest absolute Gasteiger partial charge is 0.138 e. The van der Waals surface area contributed by atoms with Gasteiger partial charge in [-0.05, 0) is 37.5 Å². The molecule has 0 aromatic heterocycles. The number of nitrogens with one attached hydrogen (secondary N) is 1. The topological polar surface area (TPSA) is 38.3 Å². The second-order valence-electron chi connectivity index (χ2n) is 5.12. The van der Waals surface area contributed by atoms with Crippen LogP contribution in [0, 0.1) is 5.82 Å². The first-order chi connectivity index (χ1) is 9.58. The summed E-state index contributed by atoms with van der Waals surface area (Å²) >= 11 is 3.23. The van der Waals surface area contributed by atoms with Crippen LogP contribution < -0.4 is 5.32 Å². The molecule has 20 heavy (non-hydrogen) atoms. The van der Waals surface area contributed by atoms with E-state index in [1.807, 2.05) is 0 Å². The predicted octanol–water partition coefficient (Wildman–Crippen LogP) is 3.03. The van der Waals surface area contributed by atoms with Gasteiger partial charge in [0, 0.05) is 30.3 Å². The van der Waals surface area contributed by atoms with Crippen molar-refractivity contribution in [2.75, 3.05) is 19.8 Å². The molecule has 0 radical (unpaired) electrons. The molecule has 1 fully saturated rings. The summed E-state index contributed by atoms with van der Waals surface area (Å²) in [5.74, 6) is -0.801. The number of carbonyl (C=O) groups is 1. The van der Waals surface area contributed by atoms with E-state index < -0.39 is 5.92 Å². The molecule has 1 N–H and O–H groups in total. The van der Waals surface area contributed by atoms with Crippen molar-refractivity contribution < 1.29 is 13.9 Å². The molecule has 1 atom stereocenters. The third-order valence-corrected chi connectivity index (χ3v) is 4.15. The summed E-state index contributed by atoms with van der Waals surface area (Å²) in [4.78, 5) is 11.8. The monoisotopic (exact) mass is 343 g/mol. The van der Waals surface area contributed by atoms with Crippen LogP contribution in [-0.2, 0) is 9.53 Å².